The number of nitrogens with one attached hydrogen (secondary N) is 2. The molecule has 1 saturated heterocycles. The van der Waals surface area contributed by atoms with Crippen LogP contribution in [0.4, 0.5) is 4.39 Å². The third kappa shape index (κ3) is 2.77. The summed E-state index contributed by atoms with van der Waals surface area (Å²) in [6.45, 7) is 1.82. The number of halogens is 1. The topological polar surface area (TPSA) is 73.4 Å². The molecule has 7 heteroatoms. The van der Waals surface area contributed by atoms with Crippen molar-refractivity contribution in [2.24, 2.45) is 4.99 Å². The van der Waals surface area contributed by atoms with Crippen molar-refractivity contribution >= 4 is 29.0 Å². The van der Waals surface area contributed by atoms with Crippen molar-refractivity contribution in [2.45, 2.75) is 25.7 Å². The van der Waals surface area contributed by atoms with Crippen molar-refractivity contribution in [1.29, 1.82) is 0 Å². The molecule has 124 valence electrons. The fraction of sp³-hybridized carbons (Fsp3) is 0.353. The van der Waals surface area contributed by atoms with Crippen LogP contribution in [0.2, 0.25) is 0 Å². The Hall–Kier alpha value is -2.70. The maximum absolute atomic E-state index is 13.4. The SMILES string of the molecule is O=C1NC(N2CCCCCC2)=NC1=Cc1c[nH]c2ncc(F)cc12. The van der Waals surface area contributed by atoms with E-state index in [1.807, 2.05) is 0 Å². The largest absolute Gasteiger partial charge is 0.346 e. The third-order valence-electron chi connectivity index (χ3n) is 4.41. The van der Waals surface area contributed by atoms with Gasteiger partial charge in [0.15, 0.2) is 0 Å². The average Bonchev–Trinajstić information content (AvgIpc) is 3.01. The van der Waals surface area contributed by atoms with Gasteiger partial charge >= 0.3 is 0 Å². The van der Waals surface area contributed by atoms with Crippen LogP contribution in [0.15, 0.2) is 29.1 Å². The lowest BCUT2D eigenvalue weighted by atomic mass is 10.2. The smallest absolute Gasteiger partial charge is 0.276 e. The highest BCUT2D eigenvalue weighted by Gasteiger charge is 2.25. The molecule has 24 heavy (non-hydrogen) atoms. The number of fused-ring (bicyclic) bond motifs is 1. The highest BCUT2D eigenvalue weighted by atomic mass is 19.1. The Balaban J connectivity index is 1.65. The molecule has 0 spiro atoms. The van der Waals surface area contributed by atoms with E-state index in [-0.39, 0.29) is 5.91 Å². The van der Waals surface area contributed by atoms with Crippen LogP contribution in [0.5, 0.6) is 0 Å². The number of amides is 1. The second-order valence-electron chi connectivity index (χ2n) is 6.11. The summed E-state index contributed by atoms with van der Waals surface area (Å²) in [5.41, 5.74) is 1.61. The van der Waals surface area contributed by atoms with Crippen molar-refractivity contribution in [3.05, 3.63) is 35.5 Å². The molecule has 0 radical (unpaired) electrons. The molecule has 0 saturated carbocycles. The van der Waals surface area contributed by atoms with Crippen LogP contribution >= 0.6 is 0 Å². The van der Waals surface area contributed by atoms with Gasteiger partial charge in [-0.15, -0.1) is 0 Å². The summed E-state index contributed by atoms with van der Waals surface area (Å²) in [7, 11) is 0. The number of aromatic amines is 1. The summed E-state index contributed by atoms with van der Waals surface area (Å²) in [4.78, 5) is 25.8. The van der Waals surface area contributed by atoms with Gasteiger partial charge in [-0.2, -0.15) is 0 Å². The van der Waals surface area contributed by atoms with E-state index >= 15 is 0 Å². The van der Waals surface area contributed by atoms with Crippen molar-refractivity contribution in [1.82, 2.24) is 20.2 Å². The second kappa shape index (κ2) is 6.07. The number of carbonyl (C=O) groups is 1. The third-order valence-corrected chi connectivity index (χ3v) is 4.41. The van der Waals surface area contributed by atoms with E-state index in [2.05, 4.69) is 25.2 Å². The molecular weight excluding hydrogens is 309 g/mol. The predicted molar refractivity (Wildman–Crippen MR) is 89.6 cm³/mol. The lowest BCUT2D eigenvalue weighted by molar-refractivity contribution is -0.115. The molecule has 0 aliphatic carbocycles. The number of carbonyl (C=O) groups excluding carboxylic acids is 1. The number of hydrogen-bond donors (Lipinski definition) is 2. The summed E-state index contributed by atoms with van der Waals surface area (Å²) in [6, 6.07) is 1.40. The quantitative estimate of drug-likeness (QED) is 0.790. The van der Waals surface area contributed by atoms with E-state index in [4.69, 9.17) is 0 Å². The number of hydrogen-bond acceptors (Lipinski definition) is 4. The van der Waals surface area contributed by atoms with Crippen LogP contribution in [0, 0.1) is 5.82 Å². The number of nitrogens with zero attached hydrogens (tertiary/aromatic N) is 3. The minimum absolute atomic E-state index is 0.229. The average molecular weight is 327 g/mol. The van der Waals surface area contributed by atoms with E-state index in [0.29, 0.717) is 28.3 Å². The highest BCUT2D eigenvalue weighted by Crippen LogP contribution is 2.22. The van der Waals surface area contributed by atoms with Crippen molar-refractivity contribution in [2.75, 3.05) is 13.1 Å². The standard InChI is InChI=1S/C17H18FN5O/c18-12-8-13-11(9-19-15(13)20-10-12)7-14-16(24)22-17(21-14)23-5-3-1-2-4-6-23/h7-10H,1-6H2,(H,19,20)(H,21,22,24). The van der Waals surface area contributed by atoms with E-state index in [0.717, 1.165) is 32.1 Å². The van der Waals surface area contributed by atoms with Crippen LogP contribution in [-0.4, -0.2) is 39.8 Å². The number of likely N-dealkylation sites (tertiary alicyclic amines) is 1. The molecule has 6 nitrogen and oxygen atoms in total. The summed E-state index contributed by atoms with van der Waals surface area (Å²) in [6.07, 6.45) is 9.19. The Morgan fingerprint density at radius 3 is 2.79 bits per heavy atom. The first-order chi connectivity index (χ1) is 11.7. The van der Waals surface area contributed by atoms with E-state index in [1.54, 1.807) is 12.3 Å². The van der Waals surface area contributed by atoms with E-state index in [9.17, 15) is 9.18 Å². The van der Waals surface area contributed by atoms with Crippen LogP contribution in [0.1, 0.15) is 31.2 Å². The van der Waals surface area contributed by atoms with Crippen molar-refractivity contribution in [3.63, 3.8) is 0 Å². The summed E-state index contributed by atoms with van der Waals surface area (Å²) in [5, 5.41) is 3.48. The van der Waals surface area contributed by atoms with Gasteiger partial charge in [-0.1, -0.05) is 12.8 Å². The summed E-state index contributed by atoms with van der Waals surface area (Å²) in [5.74, 6) is -0.0170. The number of guanidine groups is 1. The molecule has 0 bridgehead atoms. The van der Waals surface area contributed by atoms with Crippen LogP contribution in [0.3, 0.4) is 0 Å². The molecule has 0 unspecified atom stereocenters. The molecule has 2 aromatic heterocycles. The molecule has 2 aliphatic rings. The molecule has 0 atom stereocenters. The first kappa shape index (κ1) is 14.9. The number of rotatable bonds is 1. The molecule has 2 aromatic rings. The normalized spacial score (nSPS) is 20.4. The Labute approximate surface area is 138 Å². The minimum atomic E-state index is -0.411. The van der Waals surface area contributed by atoms with Crippen molar-refractivity contribution in [3.8, 4) is 0 Å². The van der Waals surface area contributed by atoms with Gasteiger partial charge in [0, 0.05) is 30.2 Å². The molecule has 4 heterocycles. The van der Waals surface area contributed by atoms with Gasteiger partial charge in [0.1, 0.15) is 17.2 Å². The second-order valence-corrected chi connectivity index (χ2v) is 6.11. The molecule has 0 aromatic carbocycles. The van der Waals surface area contributed by atoms with Crippen LogP contribution in [-0.2, 0) is 4.79 Å². The number of H-pyrrole nitrogens is 1. The van der Waals surface area contributed by atoms with Gasteiger partial charge in [-0.3, -0.25) is 10.1 Å². The van der Waals surface area contributed by atoms with Gasteiger partial charge in [0.05, 0.1) is 6.20 Å². The lowest BCUT2D eigenvalue weighted by Gasteiger charge is -2.20. The van der Waals surface area contributed by atoms with E-state index in [1.165, 1.54) is 18.9 Å². The van der Waals surface area contributed by atoms with Gasteiger partial charge in [0.2, 0.25) is 5.96 Å². The molecule has 2 aliphatic heterocycles. The number of aromatic nitrogens is 2. The van der Waals surface area contributed by atoms with Gasteiger partial charge in [0.25, 0.3) is 5.91 Å². The molecule has 1 amide bonds. The summed E-state index contributed by atoms with van der Waals surface area (Å²) < 4.78 is 13.4. The molecular formula is C17H18FN5O. The van der Waals surface area contributed by atoms with Gasteiger partial charge in [-0.05, 0) is 25.0 Å². The number of pyridine rings is 1. The zero-order valence-corrected chi connectivity index (χ0v) is 13.2. The molecule has 2 N–H and O–H groups in total. The van der Waals surface area contributed by atoms with E-state index < -0.39 is 5.82 Å². The maximum Gasteiger partial charge on any atom is 0.276 e. The van der Waals surface area contributed by atoms with Crippen LogP contribution in [0.25, 0.3) is 17.1 Å². The fourth-order valence-corrected chi connectivity index (χ4v) is 3.15. The van der Waals surface area contributed by atoms with Gasteiger partial charge in [-0.25, -0.2) is 14.4 Å². The fourth-order valence-electron chi connectivity index (χ4n) is 3.15. The zero-order chi connectivity index (χ0) is 16.5. The Kier molecular flexibility index (Phi) is 3.76. The maximum atomic E-state index is 13.4. The highest BCUT2D eigenvalue weighted by molar-refractivity contribution is 6.14. The van der Waals surface area contributed by atoms with Crippen molar-refractivity contribution < 1.29 is 9.18 Å². The first-order valence-corrected chi connectivity index (χ1v) is 8.20. The van der Waals surface area contributed by atoms with Gasteiger partial charge < -0.3 is 9.88 Å². The number of aliphatic imine (C=N–C) groups is 1. The van der Waals surface area contributed by atoms with Crippen LogP contribution < -0.4 is 5.32 Å². The Morgan fingerprint density at radius 1 is 1.21 bits per heavy atom. The molecule has 1 fully saturated rings. The summed E-state index contributed by atoms with van der Waals surface area (Å²) >= 11 is 0. The monoisotopic (exact) mass is 327 g/mol. The minimum Gasteiger partial charge on any atom is -0.346 e. The Morgan fingerprint density at radius 2 is 2.00 bits per heavy atom. The Bertz CT molecular complexity index is 846. The molecule has 4 rings (SSSR count). The lowest BCUT2D eigenvalue weighted by Crippen LogP contribution is -2.40. The first-order valence-electron chi connectivity index (χ1n) is 8.20. The predicted octanol–water partition coefficient (Wildman–Crippen LogP) is 2.40. The zero-order valence-electron chi connectivity index (χ0n) is 13.2.